The minimum absolute atomic E-state index is 0.0134. The number of aromatic amines is 1. The molecule has 5 rings (SSSR count). The molecule has 30 heavy (non-hydrogen) atoms. The van der Waals surface area contributed by atoms with Gasteiger partial charge in [-0.2, -0.15) is 0 Å². The first-order valence-corrected chi connectivity index (χ1v) is 10.2. The predicted octanol–water partition coefficient (Wildman–Crippen LogP) is 3.20. The summed E-state index contributed by atoms with van der Waals surface area (Å²) < 4.78 is 19.2. The third-order valence-corrected chi connectivity index (χ3v) is 6.10. The van der Waals surface area contributed by atoms with E-state index >= 15 is 0 Å². The molecule has 1 N–H and O–H groups in total. The summed E-state index contributed by atoms with van der Waals surface area (Å²) in [5.41, 5.74) is 1.55. The van der Waals surface area contributed by atoms with Gasteiger partial charge in [0.1, 0.15) is 6.61 Å². The summed E-state index contributed by atoms with van der Waals surface area (Å²) in [6, 6.07) is 13.7. The molecule has 6 nitrogen and oxygen atoms in total. The Hall–Kier alpha value is -3.35. The normalized spacial score (nSPS) is 20.8. The fourth-order valence-corrected chi connectivity index (χ4v) is 4.63. The summed E-state index contributed by atoms with van der Waals surface area (Å²) in [5, 5.41) is 1.06. The molecule has 2 saturated heterocycles. The lowest BCUT2D eigenvalue weighted by Crippen LogP contribution is -2.41. The highest BCUT2D eigenvalue weighted by molar-refractivity contribution is 5.99. The molecule has 2 aromatic carbocycles. The molecule has 2 amide bonds. The number of ether oxygens (including phenoxy) is 1. The van der Waals surface area contributed by atoms with Gasteiger partial charge in [0.25, 0.3) is 5.91 Å². The van der Waals surface area contributed by atoms with E-state index in [9.17, 15) is 14.0 Å². The van der Waals surface area contributed by atoms with Gasteiger partial charge in [0.15, 0.2) is 11.6 Å². The number of rotatable bonds is 5. The zero-order valence-electron chi connectivity index (χ0n) is 16.4. The summed E-state index contributed by atoms with van der Waals surface area (Å²) in [4.78, 5) is 32.5. The van der Waals surface area contributed by atoms with E-state index in [1.807, 2.05) is 35.4 Å². The van der Waals surface area contributed by atoms with E-state index in [-0.39, 0.29) is 36.3 Å². The number of fused-ring (bicyclic) bond motifs is 2. The molecule has 2 atom stereocenters. The Morgan fingerprint density at radius 2 is 2.03 bits per heavy atom. The van der Waals surface area contributed by atoms with Crippen LogP contribution in [0, 0.1) is 5.82 Å². The highest BCUT2D eigenvalue weighted by Crippen LogP contribution is 2.33. The molecule has 3 aromatic rings. The third kappa shape index (κ3) is 3.20. The van der Waals surface area contributed by atoms with Gasteiger partial charge in [-0.15, -0.1) is 0 Å². The fraction of sp³-hybridized carbons (Fsp3) is 0.304. The molecule has 1 aromatic heterocycles. The fourth-order valence-electron chi connectivity index (χ4n) is 4.63. The number of amides is 2. The SMILES string of the molecule is O=C1C[C@H]2[C@H](CCN2C(=O)c2ccc3cc[nH]c3c2)N1CCOc1ccccc1F. The lowest BCUT2D eigenvalue weighted by Gasteiger charge is -2.25. The number of halogens is 1. The number of carbonyl (C=O) groups is 2. The predicted molar refractivity (Wildman–Crippen MR) is 110 cm³/mol. The Morgan fingerprint density at radius 3 is 2.90 bits per heavy atom. The maximum absolute atomic E-state index is 13.7. The van der Waals surface area contributed by atoms with Gasteiger partial charge in [0, 0.05) is 30.2 Å². The van der Waals surface area contributed by atoms with Crippen LogP contribution in [0.4, 0.5) is 4.39 Å². The lowest BCUT2D eigenvalue weighted by atomic mass is 10.1. The molecular weight excluding hydrogens is 385 g/mol. The summed E-state index contributed by atoms with van der Waals surface area (Å²) in [7, 11) is 0. The number of benzene rings is 2. The van der Waals surface area contributed by atoms with Crippen molar-refractivity contribution in [3.05, 3.63) is 66.1 Å². The first-order chi connectivity index (χ1) is 14.6. The lowest BCUT2D eigenvalue weighted by molar-refractivity contribution is -0.129. The van der Waals surface area contributed by atoms with Gasteiger partial charge in [-0.3, -0.25) is 9.59 Å². The highest BCUT2D eigenvalue weighted by Gasteiger charge is 2.48. The van der Waals surface area contributed by atoms with Crippen LogP contribution < -0.4 is 4.74 Å². The smallest absolute Gasteiger partial charge is 0.254 e. The van der Waals surface area contributed by atoms with E-state index in [4.69, 9.17) is 4.74 Å². The van der Waals surface area contributed by atoms with Crippen molar-refractivity contribution in [2.45, 2.75) is 24.9 Å². The van der Waals surface area contributed by atoms with Crippen LogP contribution in [0.5, 0.6) is 5.75 Å². The molecule has 0 spiro atoms. The van der Waals surface area contributed by atoms with E-state index in [1.165, 1.54) is 6.07 Å². The molecule has 0 aliphatic carbocycles. The molecule has 0 unspecified atom stereocenters. The van der Waals surface area contributed by atoms with Crippen LogP contribution in [0.3, 0.4) is 0 Å². The van der Waals surface area contributed by atoms with E-state index in [0.717, 1.165) is 17.3 Å². The molecule has 7 heteroatoms. The first-order valence-electron chi connectivity index (χ1n) is 10.2. The average Bonchev–Trinajstić information content (AvgIpc) is 3.44. The Bertz CT molecular complexity index is 1110. The van der Waals surface area contributed by atoms with Crippen molar-refractivity contribution in [2.75, 3.05) is 19.7 Å². The second-order valence-corrected chi connectivity index (χ2v) is 7.77. The first kappa shape index (κ1) is 18.7. The molecule has 154 valence electrons. The van der Waals surface area contributed by atoms with Gasteiger partial charge in [0.2, 0.25) is 5.91 Å². The molecule has 2 aliphatic rings. The molecular formula is C23H22FN3O3. The zero-order valence-corrected chi connectivity index (χ0v) is 16.4. The molecule has 2 aliphatic heterocycles. The summed E-state index contributed by atoms with van der Waals surface area (Å²) in [6.45, 7) is 1.22. The van der Waals surface area contributed by atoms with E-state index in [1.54, 1.807) is 23.1 Å². The minimum atomic E-state index is -0.417. The number of aromatic nitrogens is 1. The number of para-hydroxylation sites is 1. The van der Waals surface area contributed by atoms with Crippen LogP contribution in [0.25, 0.3) is 10.9 Å². The third-order valence-electron chi connectivity index (χ3n) is 6.10. The van der Waals surface area contributed by atoms with Gasteiger partial charge in [-0.25, -0.2) is 4.39 Å². The van der Waals surface area contributed by atoms with Crippen molar-refractivity contribution < 1.29 is 18.7 Å². The van der Waals surface area contributed by atoms with Gasteiger partial charge in [-0.1, -0.05) is 18.2 Å². The van der Waals surface area contributed by atoms with Crippen LogP contribution in [-0.4, -0.2) is 58.4 Å². The van der Waals surface area contributed by atoms with Crippen LogP contribution in [0.15, 0.2) is 54.7 Å². The monoisotopic (exact) mass is 407 g/mol. The van der Waals surface area contributed by atoms with Crippen molar-refractivity contribution in [3.63, 3.8) is 0 Å². The van der Waals surface area contributed by atoms with Gasteiger partial charge in [0.05, 0.1) is 18.6 Å². The largest absolute Gasteiger partial charge is 0.489 e. The molecule has 2 fully saturated rings. The van der Waals surface area contributed by atoms with Crippen LogP contribution in [-0.2, 0) is 4.79 Å². The quantitative estimate of drug-likeness (QED) is 0.706. The maximum Gasteiger partial charge on any atom is 0.254 e. The Morgan fingerprint density at radius 1 is 1.17 bits per heavy atom. The Labute approximate surface area is 173 Å². The van der Waals surface area contributed by atoms with Gasteiger partial charge in [-0.05, 0) is 42.1 Å². The number of likely N-dealkylation sites (tertiary alicyclic amines) is 2. The topological polar surface area (TPSA) is 65.6 Å². The van der Waals surface area contributed by atoms with Crippen molar-refractivity contribution in [1.82, 2.24) is 14.8 Å². The number of hydrogen-bond donors (Lipinski definition) is 1. The number of carbonyl (C=O) groups excluding carboxylic acids is 2. The highest BCUT2D eigenvalue weighted by atomic mass is 19.1. The van der Waals surface area contributed by atoms with Crippen LogP contribution >= 0.6 is 0 Å². The van der Waals surface area contributed by atoms with E-state index in [0.29, 0.717) is 25.1 Å². The number of hydrogen-bond acceptors (Lipinski definition) is 3. The van der Waals surface area contributed by atoms with Crippen molar-refractivity contribution in [2.24, 2.45) is 0 Å². The molecule has 0 radical (unpaired) electrons. The summed E-state index contributed by atoms with van der Waals surface area (Å²) >= 11 is 0. The second kappa shape index (κ2) is 7.48. The van der Waals surface area contributed by atoms with Crippen LogP contribution in [0.2, 0.25) is 0 Å². The van der Waals surface area contributed by atoms with Crippen molar-refractivity contribution in [3.8, 4) is 5.75 Å². The minimum Gasteiger partial charge on any atom is -0.489 e. The van der Waals surface area contributed by atoms with Gasteiger partial charge < -0.3 is 19.5 Å². The van der Waals surface area contributed by atoms with E-state index < -0.39 is 5.82 Å². The number of nitrogens with one attached hydrogen (secondary N) is 1. The van der Waals surface area contributed by atoms with Crippen molar-refractivity contribution in [1.29, 1.82) is 0 Å². The summed E-state index contributed by atoms with van der Waals surface area (Å²) in [6.07, 6.45) is 2.91. The average molecular weight is 407 g/mol. The Balaban J connectivity index is 1.25. The second-order valence-electron chi connectivity index (χ2n) is 7.77. The van der Waals surface area contributed by atoms with Crippen LogP contribution in [0.1, 0.15) is 23.2 Å². The molecule has 0 bridgehead atoms. The van der Waals surface area contributed by atoms with E-state index in [2.05, 4.69) is 4.98 Å². The molecule has 0 saturated carbocycles. The maximum atomic E-state index is 13.7. The van der Waals surface area contributed by atoms with Gasteiger partial charge >= 0.3 is 0 Å². The number of nitrogens with zero attached hydrogens (tertiary/aromatic N) is 2. The number of H-pyrrole nitrogens is 1. The zero-order chi connectivity index (χ0) is 20.7. The summed E-state index contributed by atoms with van der Waals surface area (Å²) in [5.74, 6) is -0.265. The van der Waals surface area contributed by atoms with Crippen molar-refractivity contribution >= 4 is 22.7 Å². The Kier molecular flexibility index (Phi) is 4.65. The molecule has 3 heterocycles. The standard InChI is InChI=1S/C23H22FN3O3/c24-17-3-1-2-4-21(17)30-12-11-26-19-8-10-27(20(19)14-22(26)28)23(29)16-6-5-15-7-9-25-18(15)13-16/h1-7,9,13,19-20,25H,8,10-12,14H2/t19-,20-/m0/s1.